The summed E-state index contributed by atoms with van der Waals surface area (Å²) in [5, 5.41) is 22.7. The fraction of sp³-hybridized carbons (Fsp3) is 0.207. The topological polar surface area (TPSA) is 127 Å². The number of pyridine rings is 1. The van der Waals surface area contributed by atoms with Crippen LogP contribution in [0.25, 0.3) is 10.9 Å². The van der Waals surface area contributed by atoms with Gasteiger partial charge in [-0.2, -0.15) is 0 Å². The smallest absolute Gasteiger partial charge is 0.336 e. The van der Waals surface area contributed by atoms with E-state index in [9.17, 15) is 19.8 Å². The molecule has 0 aliphatic heterocycles. The Morgan fingerprint density at radius 2 is 1.61 bits per heavy atom. The summed E-state index contributed by atoms with van der Waals surface area (Å²) >= 11 is 0. The number of rotatable bonds is 11. The standard InChI is InChI=1S/C29H28N2O7/c1-36-17-20(13-18-3-6-21(32)7-4-18)30-28(33)27-15-25(29(34)35)24-14-19(5-12-26(24)31-27)16-38-23-10-8-22(37-2)9-11-23/h3-12,14-15,20,32H,13,16-17H2,1-2H3,(H,30,33)(H,34,35)/t20-/m0/s1. The number of phenols is 1. The number of nitrogens with zero attached hydrogens (tertiary/aromatic N) is 1. The number of methoxy groups -OCH3 is 2. The average molecular weight is 517 g/mol. The predicted molar refractivity (Wildman–Crippen MR) is 141 cm³/mol. The molecule has 1 atom stereocenters. The van der Waals surface area contributed by atoms with E-state index in [4.69, 9.17) is 14.2 Å². The van der Waals surface area contributed by atoms with Crippen molar-refractivity contribution in [3.63, 3.8) is 0 Å². The summed E-state index contributed by atoms with van der Waals surface area (Å²) in [5.41, 5.74) is 1.98. The minimum atomic E-state index is -1.17. The van der Waals surface area contributed by atoms with Crippen LogP contribution >= 0.6 is 0 Å². The Bertz CT molecular complexity index is 1420. The summed E-state index contributed by atoms with van der Waals surface area (Å²) in [6, 6.07) is 19.9. The largest absolute Gasteiger partial charge is 0.508 e. The number of fused-ring (bicyclic) bond motifs is 1. The second kappa shape index (κ2) is 12.1. The molecule has 4 rings (SSSR count). The number of amides is 1. The molecule has 0 fully saturated rings. The van der Waals surface area contributed by atoms with Gasteiger partial charge in [0.1, 0.15) is 29.5 Å². The van der Waals surface area contributed by atoms with E-state index in [1.165, 1.54) is 13.2 Å². The Labute approximate surface area is 219 Å². The van der Waals surface area contributed by atoms with Crippen LogP contribution in [0.15, 0.2) is 72.8 Å². The van der Waals surface area contributed by atoms with Crippen LogP contribution in [-0.2, 0) is 17.8 Å². The Balaban J connectivity index is 1.53. The fourth-order valence-corrected chi connectivity index (χ4v) is 4.02. The van der Waals surface area contributed by atoms with Crippen LogP contribution in [0.5, 0.6) is 17.2 Å². The van der Waals surface area contributed by atoms with Crippen LogP contribution in [0.4, 0.5) is 0 Å². The molecule has 0 saturated heterocycles. The van der Waals surface area contributed by atoms with Crippen molar-refractivity contribution >= 4 is 22.8 Å². The summed E-state index contributed by atoms with van der Waals surface area (Å²) in [6.45, 7) is 0.461. The quantitative estimate of drug-likeness (QED) is 0.271. The van der Waals surface area contributed by atoms with Gasteiger partial charge >= 0.3 is 5.97 Å². The number of ether oxygens (including phenoxy) is 3. The molecule has 3 N–H and O–H groups in total. The van der Waals surface area contributed by atoms with Gasteiger partial charge in [-0.05, 0) is 72.1 Å². The predicted octanol–water partition coefficient (Wildman–Crippen LogP) is 4.21. The van der Waals surface area contributed by atoms with Gasteiger partial charge < -0.3 is 29.7 Å². The minimum absolute atomic E-state index is 0.0102. The van der Waals surface area contributed by atoms with Crippen molar-refractivity contribution in [2.75, 3.05) is 20.8 Å². The highest BCUT2D eigenvalue weighted by Gasteiger charge is 2.20. The number of carboxylic acid groups (broad SMARTS) is 1. The molecule has 9 nitrogen and oxygen atoms in total. The minimum Gasteiger partial charge on any atom is -0.508 e. The summed E-state index contributed by atoms with van der Waals surface area (Å²) in [6.07, 6.45) is 0.455. The molecule has 0 spiro atoms. The third-order valence-electron chi connectivity index (χ3n) is 5.92. The van der Waals surface area contributed by atoms with Gasteiger partial charge in [-0.1, -0.05) is 18.2 Å². The molecule has 38 heavy (non-hydrogen) atoms. The van der Waals surface area contributed by atoms with E-state index in [-0.39, 0.29) is 36.3 Å². The van der Waals surface area contributed by atoms with Crippen LogP contribution in [-0.4, -0.2) is 53.9 Å². The highest BCUT2D eigenvalue weighted by molar-refractivity contribution is 6.06. The monoisotopic (exact) mass is 516 g/mol. The lowest BCUT2D eigenvalue weighted by molar-refractivity contribution is 0.0699. The number of phenolic OH excluding ortho intramolecular Hbond substituents is 1. The second-order valence-corrected chi connectivity index (χ2v) is 8.67. The average Bonchev–Trinajstić information content (AvgIpc) is 2.92. The van der Waals surface area contributed by atoms with E-state index in [1.807, 2.05) is 0 Å². The van der Waals surface area contributed by atoms with Crippen molar-refractivity contribution in [2.24, 2.45) is 0 Å². The Hall–Kier alpha value is -4.63. The van der Waals surface area contributed by atoms with Crippen molar-refractivity contribution in [3.05, 3.63) is 95.2 Å². The summed E-state index contributed by atoms with van der Waals surface area (Å²) < 4.78 is 16.2. The molecule has 196 valence electrons. The summed E-state index contributed by atoms with van der Waals surface area (Å²) in [4.78, 5) is 29.6. The van der Waals surface area contributed by atoms with Gasteiger partial charge in [0.2, 0.25) is 0 Å². The van der Waals surface area contributed by atoms with E-state index < -0.39 is 11.9 Å². The molecule has 4 aromatic rings. The van der Waals surface area contributed by atoms with Crippen LogP contribution in [0.3, 0.4) is 0 Å². The molecule has 0 bridgehead atoms. The van der Waals surface area contributed by atoms with E-state index in [1.54, 1.807) is 73.8 Å². The van der Waals surface area contributed by atoms with Crippen molar-refractivity contribution in [3.8, 4) is 17.2 Å². The van der Waals surface area contributed by atoms with Crippen molar-refractivity contribution in [1.29, 1.82) is 0 Å². The molecular weight excluding hydrogens is 488 g/mol. The molecule has 1 heterocycles. The van der Waals surface area contributed by atoms with E-state index in [0.717, 1.165) is 11.1 Å². The highest BCUT2D eigenvalue weighted by Crippen LogP contribution is 2.23. The lowest BCUT2D eigenvalue weighted by atomic mass is 10.0. The lowest BCUT2D eigenvalue weighted by Crippen LogP contribution is -2.40. The van der Waals surface area contributed by atoms with Crippen LogP contribution < -0.4 is 14.8 Å². The van der Waals surface area contributed by atoms with Gasteiger partial charge in [0.05, 0.1) is 30.8 Å². The van der Waals surface area contributed by atoms with Gasteiger partial charge in [0, 0.05) is 12.5 Å². The molecule has 9 heteroatoms. The number of hydrogen-bond acceptors (Lipinski definition) is 7. The third-order valence-corrected chi connectivity index (χ3v) is 5.92. The van der Waals surface area contributed by atoms with E-state index >= 15 is 0 Å². The SMILES string of the molecule is COC[C@H](Cc1ccc(O)cc1)NC(=O)c1cc(C(=O)O)c2cc(COc3ccc(OC)cc3)ccc2n1. The maximum Gasteiger partial charge on any atom is 0.336 e. The number of aromatic carboxylic acids is 1. The number of hydrogen-bond donors (Lipinski definition) is 3. The Morgan fingerprint density at radius 3 is 2.26 bits per heavy atom. The van der Waals surface area contributed by atoms with Gasteiger partial charge in [-0.25, -0.2) is 9.78 Å². The molecule has 0 unspecified atom stereocenters. The molecule has 0 aliphatic carbocycles. The summed E-state index contributed by atoms with van der Waals surface area (Å²) in [7, 11) is 3.12. The van der Waals surface area contributed by atoms with Crippen molar-refractivity contribution in [2.45, 2.75) is 19.1 Å². The van der Waals surface area contributed by atoms with E-state index in [2.05, 4.69) is 10.3 Å². The van der Waals surface area contributed by atoms with E-state index in [0.29, 0.717) is 28.8 Å². The number of nitrogens with one attached hydrogen (secondary N) is 1. The second-order valence-electron chi connectivity index (χ2n) is 8.67. The maximum absolute atomic E-state index is 13.1. The van der Waals surface area contributed by atoms with Crippen LogP contribution in [0, 0.1) is 0 Å². The first-order valence-electron chi connectivity index (χ1n) is 11.9. The fourth-order valence-electron chi connectivity index (χ4n) is 4.02. The molecule has 1 amide bonds. The van der Waals surface area contributed by atoms with Gasteiger partial charge in [0.25, 0.3) is 5.91 Å². The maximum atomic E-state index is 13.1. The third kappa shape index (κ3) is 6.57. The first-order chi connectivity index (χ1) is 18.4. The molecule has 0 radical (unpaired) electrons. The highest BCUT2D eigenvalue weighted by atomic mass is 16.5. The zero-order valence-electron chi connectivity index (χ0n) is 21.0. The Kier molecular flexibility index (Phi) is 8.40. The zero-order chi connectivity index (χ0) is 27.1. The number of carbonyl (C=O) groups excluding carboxylic acids is 1. The first-order valence-corrected chi connectivity index (χ1v) is 11.9. The molecule has 3 aromatic carbocycles. The van der Waals surface area contributed by atoms with Gasteiger partial charge in [-0.3, -0.25) is 4.79 Å². The van der Waals surface area contributed by atoms with Crippen molar-refractivity contribution in [1.82, 2.24) is 10.3 Å². The number of aromatic nitrogens is 1. The number of carbonyl (C=O) groups is 2. The van der Waals surface area contributed by atoms with Gasteiger partial charge in [0.15, 0.2) is 0 Å². The molecule has 0 saturated carbocycles. The van der Waals surface area contributed by atoms with Crippen LogP contribution in [0.2, 0.25) is 0 Å². The normalized spacial score (nSPS) is 11.6. The van der Waals surface area contributed by atoms with Crippen LogP contribution in [0.1, 0.15) is 32.0 Å². The number of carboxylic acids is 1. The van der Waals surface area contributed by atoms with Gasteiger partial charge in [-0.15, -0.1) is 0 Å². The zero-order valence-corrected chi connectivity index (χ0v) is 21.0. The summed E-state index contributed by atoms with van der Waals surface area (Å²) in [5.74, 6) is -0.168. The molecule has 1 aromatic heterocycles. The number of benzene rings is 3. The number of aromatic hydroxyl groups is 1. The molecule has 0 aliphatic rings. The Morgan fingerprint density at radius 1 is 0.921 bits per heavy atom. The lowest BCUT2D eigenvalue weighted by Gasteiger charge is -2.18. The molecular formula is C29H28N2O7. The van der Waals surface area contributed by atoms with Crippen molar-refractivity contribution < 1.29 is 34.0 Å². The first kappa shape index (κ1) is 26.4.